The highest BCUT2D eigenvalue weighted by Gasteiger charge is 2.23. The molecule has 2 aromatic carbocycles. The molecular formula is C22H18ClN5O. The number of aromatic nitrogens is 3. The second-order valence-electron chi connectivity index (χ2n) is 6.37. The lowest BCUT2D eigenvalue weighted by Crippen LogP contribution is -2.15. The smallest absolute Gasteiger partial charge is 0.223 e. The number of aliphatic imine (C=N–C) groups is 1. The fraction of sp³-hybridized carbons (Fsp3) is 0.0909. The summed E-state index contributed by atoms with van der Waals surface area (Å²) in [4.78, 5) is 16.9. The Kier molecular flexibility index (Phi) is 5.35. The zero-order chi connectivity index (χ0) is 20.2. The third kappa shape index (κ3) is 3.75. The molecule has 144 valence electrons. The van der Waals surface area contributed by atoms with Gasteiger partial charge in [-0.25, -0.2) is 9.97 Å². The summed E-state index contributed by atoms with van der Waals surface area (Å²) < 4.78 is 0. The second kappa shape index (κ2) is 8.24. The molecule has 7 heteroatoms. The molecule has 29 heavy (non-hydrogen) atoms. The number of anilines is 1. The van der Waals surface area contributed by atoms with Crippen molar-refractivity contribution in [3.8, 4) is 5.75 Å². The van der Waals surface area contributed by atoms with Crippen molar-refractivity contribution in [3.63, 3.8) is 0 Å². The molecule has 1 atom stereocenters. The first-order valence-electron chi connectivity index (χ1n) is 8.99. The third-order valence-electron chi connectivity index (χ3n) is 4.57. The fourth-order valence-corrected chi connectivity index (χ4v) is 3.52. The molecule has 2 N–H and O–H groups in total. The molecule has 1 unspecified atom stereocenters. The predicted octanol–water partition coefficient (Wildman–Crippen LogP) is 4.63. The second-order valence-corrected chi connectivity index (χ2v) is 6.74. The minimum absolute atomic E-state index is 0.0853. The Bertz CT molecular complexity index is 1180. The van der Waals surface area contributed by atoms with Crippen molar-refractivity contribution in [2.75, 3.05) is 12.4 Å². The van der Waals surface area contributed by atoms with E-state index in [0.29, 0.717) is 22.1 Å². The summed E-state index contributed by atoms with van der Waals surface area (Å²) in [6.07, 6.45) is 6.65. The van der Waals surface area contributed by atoms with Gasteiger partial charge in [-0.2, -0.15) is 0 Å². The lowest BCUT2D eigenvalue weighted by molar-refractivity contribution is 0.471. The van der Waals surface area contributed by atoms with E-state index in [0.717, 1.165) is 16.5 Å². The maximum atomic E-state index is 11.0. The van der Waals surface area contributed by atoms with Gasteiger partial charge in [-0.3, -0.25) is 9.98 Å². The first-order valence-corrected chi connectivity index (χ1v) is 9.37. The van der Waals surface area contributed by atoms with Gasteiger partial charge in [0.05, 0.1) is 11.1 Å². The third-order valence-corrected chi connectivity index (χ3v) is 5.00. The molecule has 0 bridgehead atoms. The number of phenols is 1. The number of benzene rings is 2. The van der Waals surface area contributed by atoms with Crippen LogP contribution in [0.15, 0.2) is 72.1 Å². The summed E-state index contributed by atoms with van der Waals surface area (Å²) >= 11 is 6.70. The normalized spacial score (nSPS) is 12.3. The molecule has 0 saturated heterocycles. The molecule has 6 nitrogen and oxygen atoms in total. The van der Waals surface area contributed by atoms with Gasteiger partial charge in [-0.1, -0.05) is 48.0 Å². The Morgan fingerprint density at radius 2 is 1.76 bits per heavy atom. The topological polar surface area (TPSA) is 83.3 Å². The SMILES string of the molecule is CN=Cc1cccc(C(Nc2ncccn2)c2ccc3cccnc3c2O)c1Cl. The Balaban J connectivity index is 1.90. The molecule has 4 rings (SSSR count). The van der Waals surface area contributed by atoms with E-state index in [9.17, 15) is 5.11 Å². The monoisotopic (exact) mass is 403 g/mol. The number of rotatable bonds is 5. The fourth-order valence-electron chi connectivity index (χ4n) is 3.23. The Hall–Kier alpha value is -3.51. The molecule has 0 spiro atoms. The van der Waals surface area contributed by atoms with Crippen molar-refractivity contribution in [1.82, 2.24) is 15.0 Å². The van der Waals surface area contributed by atoms with Gasteiger partial charge in [0.25, 0.3) is 0 Å². The van der Waals surface area contributed by atoms with Gasteiger partial charge in [-0.15, -0.1) is 0 Å². The maximum Gasteiger partial charge on any atom is 0.223 e. The van der Waals surface area contributed by atoms with Crippen molar-refractivity contribution in [2.45, 2.75) is 6.04 Å². The number of fused-ring (bicyclic) bond motifs is 1. The predicted molar refractivity (Wildman–Crippen MR) is 116 cm³/mol. The zero-order valence-corrected chi connectivity index (χ0v) is 16.4. The molecule has 2 aromatic heterocycles. The van der Waals surface area contributed by atoms with Crippen LogP contribution in [0.2, 0.25) is 5.02 Å². The van der Waals surface area contributed by atoms with E-state index in [1.807, 2.05) is 42.5 Å². The van der Waals surface area contributed by atoms with Gasteiger partial charge >= 0.3 is 0 Å². The van der Waals surface area contributed by atoms with Crippen molar-refractivity contribution in [1.29, 1.82) is 0 Å². The van der Waals surface area contributed by atoms with Crippen LogP contribution in [0.4, 0.5) is 5.95 Å². The molecule has 0 aliphatic heterocycles. The van der Waals surface area contributed by atoms with Gasteiger partial charge in [0.1, 0.15) is 11.3 Å². The van der Waals surface area contributed by atoms with E-state index in [2.05, 4.69) is 25.3 Å². The lowest BCUT2D eigenvalue weighted by atomic mass is 9.95. The molecule has 2 heterocycles. The van der Waals surface area contributed by atoms with Crippen LogP contribution < -0.4 is 5.32 Å². The minimum Gasteiger partial charge on any atom is -0.505 e. The molecule has 0 aliphatic rings. The Morgan fingerprint density at radius 1 is 0.966 bits per heavy atom. The van der Waals surface area contributed by atoms with Crippen molar-refractivity contribution in [2.24, 2.45) is 4.99 Å². The Labute approximate surface area is 173 Å². The highest BCUT2D eigenvalue weighted by atomic mass is 35.5. The lowest BCUT2D eigenvalue weighted by Gasteiger charge is -2.23. The van der Waals surface area contributed by atoms with Gasteiger partial charge in [0.2, 0.25) is 5.95 Å². The van der Waals surface area contributed by atoms with Crippen LogP contribution >= 0.6 is 11.6 Å². The highest BCUT2D eigenvalue weighted by molar-refractivity contribution is 6.34. The van der Waals surface area contributed by atoms with Crippen LogP contribution in [0.3, 0.4) is 0 Å². The van der Waals surface area contributed by atoms with Crippen LogP contribution in [0.5, 0.6) is 5.75 Å². The van der Waals surface area contributed by atoms with Crippen LogP contribution in [0, 0.1) is 0 Å². The minimum atomic E-state index is -0.499. The summed E-state index contributed by atoms with van der Waals surface area (Å²) in [7, 11) is 1.69. The number of aromatic hydroxyl groups is 1. The molecule has 4 aromatic rings. The van der Waals surface area contributed by atoms with E-state index in [-0.39, 0.29) is 5.75 Å². The Morgan fingerprint density at radius 3 is 2.55 bits per heavy atom. The number of phenolic OH excluding ortho intramolecular Hbond substituents is 1. The first-order chi connectivity index (χ1) is 14.2. The number of nitrogens with zero attached hydrogens (tertiary/aromatic N) is 4. The first kappa shape index (κ1) is 18.8. The quantitative estimate of drug-likeness (QED) is 0.474. The largest absolute Gasteiger partial charge is 0.505 e. The van der Waals surface area contributed by atoms with Crippen molar-refractivity contribution < 1.29 is 5.11 Å². The molecular weight excluding hydrogens is 386 g/mol. The molecule has 0 radical (unpaired) electrons. The van der Waals surface area contributed by atoms with Crippen molar-refractivity contribution >= 4 is 34.7 Å². The number of halogens is 1. The summed E-state index contributed by atoms with van der Waals surface area (Å²) in [6, 6.07) is 14.4. The summed E-state index contributed by atoms with van der Waals surface area (Å²) in [5, 5.41) is 15.7. The van der Waals surface area contributed by atoms with Crippen LogP contribution in [0.1, 0.15) is 22.7 Å². The average molecular weight is 404 g/mol. The maximum absolute atomic E-state index is 11.0. The number of hydrogen-bond donors (Lipinski definition) is 2. The number of hydrogen-bond acceptors (Lipinski definition) is 6. The molecule has 0 amide bonds. The van der Waals surface area contributed by atoms with Crippen molar-refractivity contribution in [3.05, 3.63) is 88.8 Å². The summed E-state index contributed by atoms with van der Waals surface area (Å²) in [5.41, 5.74) is 2.69. The van der Waals surface area contributed by atoms with E-state index in [4.69, 9.17) is 11.6 Å². The van der Waals surface area contributed by atoms with E-state index < -0.39 is 6.04 Å². The standard InChI is InChI=1S/C22H18ClN5O/c1-24-13-15-5-2-7-16(18(15)23)20(28-22-26-11-4-12-27-22)17-9-8-14-6-3-10-25-19(14)21(17)29/h2-13,20,29H,1H3,(H,26,27,28). The van der Waals surface area contributed by atoms with E-state index >= 15 is 0 Å². The van der Waals surface area contributed by atoms with E-state index in [1.165, 1.54) is 0 Å². The number of pyridine rings is 1. The highest BCUT2D eigenvalue weighted by Crippen LogP contribution is 2.38. The summed E-state index contributed by atoms with van der Waals surface area (Å²) in [6.45, 7) is 0. The zero-order valence-electron chi connectivity index (χ0n) is 15.6. The molecule has 0 fully saturated rings. The summed E-state index contributed by atoms with van der Waals surface area (Å²) in [5.74, 6) is 0.505. The van der Waals surface area contributed by atoms with Crippen LogP contribution in [0.25, 0.3) is 10.9 Å². The number of nitrogens with one attached hydrogen (secondary N) is 1. The van der Waals surface area contributed by atoms with Gasteiger partial charge in [0, 0.05) is 48.4 Å². The van der Waals surface area contributed by atoms with Crippen LogP contribution in [-0.2, 0) is 0 Å². The van der Waals surface area contributed by atoms with Gasteiger partial charge < -0.3 is 10.4 Å². The molecule has 0 saturated carbocycles. The average Bonchev–Trinajstić information content (AvgIpc) is 2.75. The van der Waals surface area contributed by atoms with Crippen LogP contribution in [-0.4, -0.2) is 33.3 Å². The molecule has 0 aliphatic carbocycles. The van der Waals surface area contributed by atoms with E-state index in [1.54, 1.807) is 37.9 Å². The van der Waals surface area contributed by atoms with Gasteiger partial charge in [0.15, 0.2) is 0 Å². The van der Waals surface area contributed by atoms with Gasteiger partial charge in [-0.05, 0) is 17.7 Å².